The number of aliphatic hydroxyl groups excluding tert-OH is 1. The average molecular weight is 274 g/mol. The van der Waals surface area contributed by atoms with Crippen molar-refractivity contribution in [2.45, 2.75) is 13.5 Å². The molecule has 1 unspecified atom stereocenters. The van der Waals surface area contributed by atoms with Crippen LogP contribution in [0, 0.1) is 5.92 Å². The molecule has 100 valence electrons. The minimum atomic E-state index is -0.447. The Bertz CT molecular complexity index is 436. The molecule has 18 heavy (non-hydrogen) atoms. The van der Waals surface area contributed by atoms with Crippen LogP contribution in [0.5, 0.6) is 11.5 Å². The van der Waals surface area contributed by atoms with Crippen molar-refractivity contribution in [2.24, 2.45) is 11.7 Å². The first kappa shape index (κ1) is 14.6. The predicted molar refractivity (Wildman–Crippen MR) is 67.8 cm³/mol. The molecule has 0 heterocycles. The van der Waals surface area contributed by atoms with Crippen LogP contribution in [0.25, 0.3) is 0 Å². The van der Waals surface area contributed by atoms with Crippen molar-refractivity contribution in [1.29, 1.82) is 0 Å². The van der Waals surface area contributed by atoms with Crippen molar-refractivity contribution < 1.29 is 19.4 Å². The third kappa shape index (κ3) is 3.51. The fraction of sp³-hybridized carbons (Fsp3) is 0.417. The number of nitrogens with two attached hydrogens (primary N) is 1. The number of ether oxygens (including phenoxy) is 2. The summed E-state index contributed by atoms with van der Waals surface area (Å²) in [5.74, 6) is -0.131. The van der Waals surface area contributed by atoms with Gasteiger partial charge in [0.1, 0.15) is 0 Å². The van der Waals surface area contributed by atoms with E-state index >= 15 is 0 Å². The van der Waals surface area contributed by atoms with Gasteiger partial charge in [0.25, 0.3) is 0 Å². The Balaban J connectivity index is 2.90. The highest BCUT2D eigenvalue weighted by Crippen LogP contribution is 2.36. The fourth-order valence-corrected chi connectivity index (χ4v) is 1.58. The molecule has 0 aliphatic heterocycles. The van der Waals surface area contributed by atoms with Gasteiger partial charge in [0, 0.05) is 0 Å². The quantitative estimate of drug-likeness (QED) is 0.819. The molecule has 0 aliphatic carbocycles. The van der Waals surface area contributed by atoms with Gasteiger partial charge in [-0.15, -0.1) is 0 Å². The Morgan fingerprint density at radius 1 is 1.56 bits per heavy atom. The number of carbonyl (C=O) groups excluding carboxylic acids is 1. The molecule has 1 atom stereocenters. The molecule has 0 saturated carbocycles. The molecule has 1 rings (SSSR count). The number of carbonyl (C=O) groups is 1. The van der Waals surface area contributed by atoms with Crippen LogP contribution in [0.1, 0.15) is 12.5 Å². The molecule has 3 N–H and O–H groups in total. The van der Waals surface area contributed by atoms with Gasteiger partial charge in [0.05, 0.1) is 31.3 Å². The lowest BCUT2D eigenvalue weighted by Crippen LogP contribution is -2.25. The molecular formula is C12H16ClNO4. The van der Waals surface area contributed by atoms with E-state index in [1.807, 2.05) is 0 Å². The summed E-state index contributed by atoms with van der Waals surface area (Å²) in [6, 6.07) is 3.20. The fourth-order valence-electron chi connectivity index (χ4n) is 1.30. The maximum atomic E-state index is 10.9. The van der Waals surface area contributed by atoms with Crippen LogP contribution in [0.15, 0.2) is 12.1 Å². The minimum Gasteiger partial charge on any atom is -0.493 e. The lowest BCUT2D eigenvalue weighted by molar-refractivity contribution is -0.122. The van der Waals surface area contributed by atoms with Crippen LogP contribution in [0.2, 0.25) is 5.02 Å². The summed E-state index contributed by atoms with van der Waals surface area (Å²) < 4.78 is 10.6. The molecule has 1 amide bonds. The Morgan fingerprint density at radius 3 is 2.72 bits per heavy atom. The molecule has 0 radical (unpaired) electrons. The van der Waals surface area contributed by atoms with E-state index in [-0.39, 0.29) is 13.2 Å². The summed E-state index contributed by atoms with van der Waals surface area (Å²) >= 11 is 6.02. The van der Waals surface area contributed by atoms with E-state index in [0.29, 0.717) is 22.1 Å². The second-order valence-corrected chi connectivity index (χ2v) is 4.29. The van der Waals surface area contributed by atoms with E-state index in [1.165, 1.54) is 7.11 Å². The number of primary amides is 1. The standard InChI is InChI=1S/C12H16ClNO4/c1-7(12(14)16)6-18-11-9(13)3-8(5-15)4-10(11)17-2/h3-4,7,15H,5-6H2,1-2H3,(H2,14,16). The molecule has 1 aromatic carbocycles. The Hall–Kier alpha value is -1.46. The van der Waals surface area contributed by atoms with Gasteiger partial charge in [0.2, 0.25) is 5.91 Å². The van der Waals surface area contributed by atoms with E-state index in [9.17, 15) is 4.79 Å². The molecule has 0 fully saturated rings. The third-order valence-electron chi connectivity index (χ3n) is 2.44. The molecule has 5 nitrogen and oxygen atoms in total. The number of hydrogen-bond acceptors (Lipinski definition) is 4. The lowest BCUT2D eigenvalue weighted by Gasteiger charge is -2.15. The number of methoxy groups -OCH3 is 1. The zero-order valence-corrected chi connectivity index (χ0v) is 11.0. The number of hydrogen-bond donors (Lipinski definition) is 2. The van der Waals surface area contributed by atoms with E-state index in [4.69, 9.17) is 31.9 Å². The van der Waals surface area contributed by atoms with E-state index in [1.54, 1.807) is 19.1 Å². The van der Waals surface area contributed by atoms with Crippen LogP contribution in [0.3, 0.4) is 0 Å². The Morgan fingerprint density at radius 2 is 2.22 bits per heavy atom. The van der Waals surface area contributed by atoms with Crippen molar-refractivity contribution in [3.8, 4) is 11.5 Å². The van der Waals surface area contributed by atoms with Crippen LogP contribution >= 0.6 is 11.6 Å². The monoisotopic (exact) mass is 273 g/mol. The lowest BCUT2D eigenvalue weighted by atomic mass is 10.2. The van der Waals surface area contributed by atoms with E-state index in [2.05, 4.69) is 0 Å². The second-order valence-electron chi connectivity index (χ2n) is 3.88. The predicted octanol–water partition coefficient (Wildman–Crippen LogP) is 1.34. The number of rotatable bonds is 6. The molecule has 6 heteroatoms. The van der Waals surface area contributed by atoms with Crippen molar-refractivity contribution in [3.05, 3.63) is 22.7 Å². The molecule has 0 aliphatic rings. The third-order valence-corrected chi connectivity index (χ3v) is 2.72. The van der Waals surface area contributed by atoms with Crippen molar-refractivity contribution in [1.82, 2.24) is 0 Å². The average Bonchev–Trinajstić information content (AvgIpc) is 2.35. The Kier molecular flexibility index (Phi) is 5.25. The summed E-state index contributed by atoms with van der Waals surface area (Å²) in [6.45, 7) is 1.63. The van der Waals surface area contributed by atoms with Gasteiger partial charge < -0.3 is 20.3 Å². The highest BCUT2D eigenvalue weighted by atomic mass is 35.5. The summed E-state index contributed by atoms with van der Waals surface area (Å²) in [5, 5.41) is 9.36. The van der Waals surface area contributed by atoms with Crippen molar-refractivity contribution in [2.75, 3.05) is 13.7 Å². The van der Waals surface area contributed by atoms with Crippen LogP contribution < -0.4 is 15.2 Å². The largest absolute Gasteiger partial charge is 0.493 e. The van der Waals surface area contributed by atoms with Crippen LogP contribution in [-0.4, -0.2) is 24.7 Å². The highest BCUT2D eigenvalue weighted by Gasteiger charge is 2.15. The number of benzene rings is 1. The summed E-state index contributed by atoms with van der Waals surface area (Å²) in [5.41, 5.74) is 5.76. The zero-order chi connectivity index (χ0) is 13.7. The zero-order valence-electron chi connectivity index (χ0n) is 10.3. The van der Waals surface area contributed by atoms with E-state index in [0.717, 1.165) is 0 Å². The summed E-state index contributed by atoms with van der Waals surface area (Å²) in [4.78, 5) is 10.9. The highest BCUT2D eigenvalue weighted by molar-refractivity contribution is 6.32. The van der Waals surface area contributed by atoms with Crippen LogP contribution in [0.4, 0.5) is 0 Å². The van der Waals surface area contributed by atoms with Crippen LogP contribution in [-0.2, 0) is 11.4 Å². The first-order chi connectivity index (χ1) is 8.49. The van der Waals surface area contributed by atoms with Gasteiger partial charge in [-0.2, -0.15) is 0 Å². The number of amides is 1. The second kappa shape index (κ2) is 6.47. The molecule has 0 bridgehead atoms. The summed E-state index contributed by atoms with van der Waals surface area (Å²) in [7, 11) is 1.47. The van der Waals surface area contributed by atoms with E-state index < -0.39 is 11.8 Å². The molecule has 0 aromatic heterocycles. The number of halogens is 1. The van der Waals surface area contributed by atoms with Gasteiger partial charge in [-0.1, -0.05) is 18.5 Å². The first-order valence-corrected chi connectivity index (χ1v) is 5.76. The van der Waals surface area contributed by atoms with Gasteiger partial charge in [-0.25, -0.2) is 0 Å². The van der Waals surface area contributed by atoms with Gasteiger partial charge in [0.15, 0.2) is 11.5 Å². The minimum absolute atomic E-state index is 0.115. The Labute approximate surface area is 110 Å². The smallest absolute Gasteiger partial charge is 0.223 e. The molecular weight excluding hydrogens is 258 g/mol. The number of aliphatic hydroxyl groups is 1. The molecule has 1 aromatic rings. The molecule has 0 spiro atoms. The first-order valence-electron chi connectivity index (χ1n) is 5.39. The normalized spacial score (nSPS) is 12.0. The molecule has 0 saturated heterocycles. The maximum Gasteiger partial charge on any atom is 0.223 e. The van der Waals surface area contributed by atoms with Gasteiger partial charge >= 0.3 is 0 Å². The van der Waals surface area contributed by atoms with Crippen molar-refractivity contribution in [3.63, 3.8) is 0 Å². The van der Waals surface area contributed by atoms with Gasteiger partial charge in [-0.05, 0) is 17.7 Å². The topological polar surface area (TPSA) is 81.8 Å². The van der Waals surface area contributed by atoms with Crippen molar-refractivity contribution >= 4 is 17.5 Å². The maximum absolute atomic E-state index is 10.9. The van der Waals surface area contributed by atoms with Gasteiger partial charge in [-0.3, -0.25) is 4.79 Å². The summed E-state index contributed by atoms with van der Waals surface area (Å²) in [6.07, 6.45) is 0. The SMILES string of the molecule is COc1cc(CO)cc(Cl)c1OCC(C)C(N)=O.